The van der Waals surface area contributed by atoms with Crippen molar-refractivity contribution in [3.05, 3.63) is 68.9 Å². The van der Waals surface area contributed by atoms with Gasteiger partial charge in [-0.1, -0.05) is 29.3 Å². The first-order valence-corrected chi connectivity index (χ1v) is 13.9. The molecule has 2 N–H and O–H groups in total. The monoisotopic (exact) mass is 555 g/mol. The van der Waals surface area contributed by atoms with Crippen molar-refractivity contribution in [2.45, 2.75) is 19.6 Å². The first-order chi connectivity index (χ1) is 17.2. The lowest BCUT2D eigenvalue weighted by Crippen LogP contribution is -2.46. The summed E-state index contributed by atoms with van der Waals surface area (Å²) in [5, 5.41) is 1.90. The number of piperazine rings is 1. The Balaban J connectivity index is 1.24. The minimum atomic E-state index is -4.71. The van der Waals surface area contributed by atoms with Gasteiger partial charge in [-0.25, -0.2) is 4.57 Å². The van der Waals surface area contributed by atoms with E-state index < -0.39 is 20.1 Å². The van der Waals surface area contributed by atoms with E-state index >= 15 is 0 Å². The van der Waals surface area contributed by atoms with E-state index in [0.717, 1.165) is 61.2 Å². The van der Waals surface area contributed by atoms with Crippen molar-refractivity contribution >= 4 is 47.6 Å². The topological polar surface area (TPSA) is 104 Å². The number of ether oxygens (including phenoxy) is 1. The first kappa shape index (κ1) is 26.9. The maximum atomic E-state index is 12.2. The van der Waals surface area contributed by atoms with E-state index in [0.29, 0.717) is 27.9 Å². The van der Waals surface area contributed by atoms with Crippen LogP contribution in [0, 0.1) is 0 Å². The van der Waals surface area contributed by atoms with Crippen LogP contribution in [0.5, 0.6) is 5.75 Å². The number of phosphoric acid groups is 1. The molecule has 9 nitrogen and oxygen atoms in total. The van der Waals surface area contributed by atoms with Crippen molar-refractivity contribution in [2.24, 2.45) is 0 Å². The Kier molecular flexibility index (Phi) is 8.96. The zero-order valence-corrected chi connectivity index (χ0v) is 22.0. The largest absolute Gasteiger partial charge is 0.494 e. The van der Waals surface area contributed by atoms with Crippen LogP contribution in [0.3, 0.4) is 0 Å². The van der Waals surface area contributed by atoms with Crippen molar-refractivity contribution < 1.29 is 23.6 Å². The van der Waals surface area contributed by atoms with Crippen molar-refractivity contribution in [2.75, 3.05) is 44.2 Å². The van der Waals surface area contributed by atoms with E-state index in [1.54, 1.807) is 30.3 Å². The summed E-state index contributed by atoms with van der Waals surface area (Å²) in [6.45, 7) is 4.60. The zero-order valence-electron chi connectivity index (χ0n) is 19.6. The van der Waals surface area contributed by atoms with Crippen LogP contribution in [0.1, 0.15) is 12.8 Å². The average molecular weight is 556 g/mol. The van der Waals surface area contributed by atoms with Gasteiger partial charge in [0.15, 0.2) is 0 Å². The van der Waals surface area contributed by atoms with Crippen molar-refractivity contribution in [3.63, 3.8) is 0 Å². The predicted octanol–water partition coefficient (Wildman–Crippen LogP) is 4.36. The molecule has 1 aliphatic heterocycles. The van der Waals surface area contributed by atoms with E-state index in [-0.39, 0.29) is 0 Å². The molecule has 0 aliphatic carbocycles. The molecule has 0 bridgehead atoms. The zero-order chi connectivity index (χ0) is 25.7. The van der Waals surface area contributed by atoms with E-state index in [9.17, 15) is 9.36 Å². The van der Waals surface area contributed by atoms with Gasteiger partial charge in [0.25, 0.3) is 5.56 Å². The molecule has 0 atom stereocenters. The molecule has 1 aliphatic rings. The number of unbranched alkanes of at least 4 members (excludes halogenated alkanes) is 1. The van der Waals surface area contributed by atoms with Crippen molar-refractivity contribution in [1.29, 1.82) is 0 Å². The predicted molar refractivity (Wildman–Crippen MR) is 141 cm³/mol. The van der Waals surface area contributed by atoms with Gasteiger partial charge in [-0.15, -0.1) is 0 Å². The minimum Gasteiger partial charge on any atom is -0.494 e. The summed E-state index contributed by atoms with van der Waals surface area (Å²) >= 11 is 12.5. The molecule has 0 radical (unpaired) electrons. The van der Waals surface area contributed by atoms with Gasteiger partial charge in [0.05, 0.1) is 27.9 Å². The van der Waals surface area contributed by atoms with Gasteiger partial charge in [0, 0.05) is 38.3 Å². The van der Waals surface area contributed by atoms with Gasteiger partial charge in [-0.05, 0) is 55.1 Å². The SMILES string of the molecule is O=c1ccc2ccc(OCCCCN3CCN(c4cccc(Cl)c4Cl)CC3)cc2n1COP(=O)(O)O. The van der Waals surface area contributed by atoms with Gasteiger partial charge in [-0.2, -0.15) is 0 Å². The van der Waals surface area contributed by atoms with Gasteiger partial charge in [0.1, 0.15) is 12.5 Å². The third-order valence-electron chi connectivity index (χ3n) is 6.10. The molecule has 1 fully saturated rings. The lowest BCUT2D eigenvalue weighted by molar-refractivity contribution is 0.154. The molecule has 12 heteroatoms. The summed E-state index contributed by atoms with van der Waals surface area (Å²) in [6.07, 6.45) is 1.84. The van der Waals surface area contributed by atoms with E-state index in [1.165, 1.54) is 6.07 Å². The highest BCUT2D eigenvalue weighted by Gasteiger charge is 2.19. The summed E-state index contributed by atoms with van der Waals surface area (Å²) in [7, 11) is -4.71. The third kappa shape index (κ3) is 7.01. The highest BCUT2D eigenvalue weighted by atomic mass is 35.5. The number of phosphoric ester groups is 1. The smallest absolute Gasteiger partial charge is 0.471 e. The Morgan fingerprint density at radius 1 is 0.972 bits per heavy atom. The second kappa shape index (κ2) is 12.0. The number of pyridine rings is 1. The molecule has 0 saturated carbocycles. The van der Waals surface area contributed by atoms with Gasteiger partial charge < -0.3 is 19.4 Å². The van der Waals surface area contributed by atoms with Crippen LogP contribution in [0.25, 0.3) is 10.9 Å². The fourth-order valence-corrected chi connectivity index (χ4v) is 4.88. The molecular weight excluding hydrogens is 528 g/mol. The van der Waals surface area contributed by atoms with Gasteiger partial charge >= 0.3 is 7.82 Å². The molecule has 36 heavy (non-hydrogen) atoms. The average Bonchev–Trinajstić information content (AvgIpc) is 2.85. The number of nitrogens with zero attached hydrogens (tertiary/aromatic N) is 3. The molecule has 1 saturated heterocycles. The molecule has 0 unspecified atom stereocenters. The van der Waals surface area contributed by atoms with E-state index in [4.69, 9.17) is 37.7 Å². The molecule has 3 aromatic rings. The van der Waals surface area contributed by atoms with Crippen LogP contribution >= 0.6 is 31.0 Å². The standard InChI is InChI=1S/C24H28Cl2N3O6P/c25-20-4-3-5-21(24(20)26)28-13-11-27(12-14-28)10-1-2-15-34-19-8-6-18-7-9-23(30)29(22(18)16-19)17-35-36(31,32)33/h3-9,16H,1-2,10-15,17H2,(H2,31,32,33). The second-order valence-corrected chi connectivity index (χ2v) is 10.6. The Morgan fingerprint density at radius 2 is 1.72 bits per heavy atom. The fraction of sp³-hybridized carbons (Fsp3) is 0.375. The third-order valence-corrected chi connectivity index (χ3v) is 7.36. The van der Waals surface area contributed by atoms with Crippen LogP contribution in [-0.4, -0.2) is 58.6 Å². The Labute approximate surface area is 219 Å². The normalized spacial score (nSPS) is 14.9. The number of halogens is 2. The number of fused-ring (bicyclic) bond motifs is 1. The van der Waals surface area contributed by atoms with Crippen LogP contribution in [-0.2, 0) is 15.8 Å². The fourth-order valence-electron chi connectivity index (χ4n) is 4.20. The minimum absolute atomic E-state index is 0.425. The molecule has 0 spiro atoms. The van der Waals surface area contributed by atoms with Crippen LogP contribution in [0.15, 0.2) is 53.3 Å². The maximum absolute atomic E-state index is 12.2. The Morgan fingerprint density at radius 3 is 2.47 bits per heavy atom. The number of hydrogen-bond acceptors (Lipinski definition) is 6. The van der Waals surface area contributed by atoms with Crippen molar-refractivity contribution in [3.8, 4) is 5.75 Å². The summed E-state index contributed by atoms with van der Waals surface area (Å²) in [6, 6.07) is 14.0. The number of aromatic nitrogens is 1. The maximum Gasteiger partial charge on any atom is 0.471 e. The van der Waals surface area contributed by atoms with E-state index in [2.05, 4.69) is 14.3 Å². The van der Waals surface area contributed by atoms with Crippen molar-refractivity contribution in [1.82, 2.24) is 9.47 Å². The second-order valence-electron chi connectivity index (χ2n) is 8.53. The van der Waals surface area contributed by atoms with Crippen LogP contribution in [0.4, 0.5) is 5.69 Å². The number of anilines is 1. The highest BCUT2D eigenvalue weighted by molar-refractivity contribution is 7.46. The Bertz CT molecular complexity index is 1310. The Hall–Kier alpha value is -2.10. The van der Waals surface area contributed by atoms with Gasteiger partial charge in [-0.3, -0.25) is 18.8 Å². The highest BCUT2D eigenvalue weighted by Crippen LogP contribution is 2.36. The first-order valence-electron chi connectivity index (χ1n) is 11.6. The van der Waals surface area contributed by atoms with E-state index in [1.807, 2.05) is 12.1 Å². The van der Waals surface area contributed by atoms with Crippen LogP contribution in [0.2, 0.25) is 10.0 Å². The van der Waals surface area contributed by atoms with Gasteiger partial charge in [0.2, 0.25) is 0 Å². The molecule has 2 aromatic carbocycles. The summed E-state index contributed by atoms with van der Waals surface area (Å²) in [5.41, 5.74) is 1.03. The lowest BCUT2D eigenvalue weighted by atomic mass is 10.2. The number of rotatable bonds is 10. The lowest BCUT2D eigenvalue weighted by Gasteiger charge is -2.36. The molecule has 1 aromatic heterocycles. The summed E-state index contributed by atoms with van der Waals surface area (Å²) in [5.74, 6) is 0.574. The quantitative estimate of drug-likeness (QED) is 0.281. The molecule has 2 heterocycles. The summed E-state index contributed by atoms with van der Waals surface area (Å²) < 4.78 is 22.6. The molecule has 194 valence electrons. The molecular formula is C24H28Cl2N3O6P. The summed E-state index contributed by atoms with van der Waals surface area (Å²) in [4.78, 5) is 34.8. The number of benzene rings is 2. The van der Waals surface area contributed by atoms with Crippen LogP contribution < -0.4 is 15.2 Å². The molecule has 0 amide bonds. The number of hydrogen-bond donors (Lipinski definition) is 2. The molecule has 4 rings (SSSR count).